The first-order chi connectivity index (χ1) is 18.0. The van der Waals surface area contributed by atoms with Gasteiger partial charge in [0.1, 0.15) is 11.2 Å². The third-order valence-corrected chi connectivity index (χ3v) is 7.59. The van der Waals surface area contributed by atoms with Gasteiger partial charge < -0.3 is 14.2 Å². The summed E-state index contributed by atoms with van der Waals surface area (Å²) < 4.78 is 16.8. The van der Waals surface area contributed by atoms with Crippen LogP contribution in [0.2, 0.25) is 0 Å². The van der Waals surface area contributed by atoms with Crippen molar-refractivity contribution in [1.29, 1.82) is 0 Å². The molecular weight excluding hydrogens is 486 g/mol. The van der Waals surface area contributed by atoms with E-state index in [-0.39, 0.29) is 25.1 Å². The van der Waals surface area contributed by atoms with Crippen LogP contribution in [0, 0.1) is 5.41 Å². The highest BCUT2D eigenvalue weighted by Crippen LogP contribution is 2.41. The number of fused-ring (bicyclic) bond motifs is 1. The molecule has 9 nitrogen and oxygen atoms in total. The summed E-state index contributed by atoms with van der Waals surface area (Å²) in [7, 11) is 6.09. The van der Waals surface area contributed by atoms with E-state index in [0.29, 0.717) is 23.8 Å². The van der Waals surface area contributed by atoms with E-state index in [1.807, 2.05) is 50.2 Å². The highest BCUT2D eigenvalue weighted by molar-refractivity contribution is 6.19. The molecule has 0 aliphatic carbocycles. The minimum Gasteiger partial charge on any atom is -0.493 e. The predicted molar refractivity (Wildman–Crippen MR) is 143 cm³/mol. The summed E-state index contributed by atoms with van der Waals surface area (Å²) in [5, 5.41) is 0. The number of hydrogen-bond acceptors (Lipinski definition) is 7. The molecule has 0 spiro atoms. The average Bonchev–Trinajstić information content (AvgIpc) is 2.91. The Morgan fingerprint density at radius 3 is 2.08 bits per heavy atom. The number of ether oxygens (including phenoxy) is 3. The van der Waals surface area contributed by atoms with Gasteiger partial charge in [0.05, 0.1) is 20.3 Å². The molecule has 2 aliphatic heterocycles. The van der Waals surface area contributed by atoms with Crippen molar-refractivity contribution in [2.45, 2.75) is 45.8 Å². The van der Waals surface area contributed by atoms with Crippen molar-refractivity contribution in [3.8, 4) is 17.2 Å². The number of carbonyl (C=O) groups excluding carboxylic acids is 3. The lowest BCUT2D eigenvalue weighted by molar-refractivity contribution is -0.159. The molecule has 0 N–H and O–H groups in total. The van der Waals surface area contributed by atoms with Crippen LogP contribution in [0.5, 0.6) is 17.2 Å². The lowest BCUT2D eigenvalue weighted by atomic mass is 9.76. The zero-order chi connectivity index (χ0) is 27.8. The zero-order valence-electron chi connectivity index (χ0n) is 23.2. The van der Waals surface area contributed by atoms with E-state index in [4.69, 9.17) is 14.2 Å². The average molecular weight is 524 g/mol. The number of imide groups is 2. The highest BCUT2D eigenvalue weighted by Gasteiger charge is 2.56. The van der Waals surface area contributed by atoms with Gasteiger partial charge in [-0.1, -0.05) is 12.1 Å². The molecule has 2 aromatic carbocycles. The number of hydrogen-bond donors (Lipinski definition) is 0. The predicted octanol–water partition coefficient (Wildman–Crippen LogP) is 3.69. The van der Waals surface area contributed by atoms with Crippen LogP contribution in [-0.2, 0) is 22.4 Å². The van der Waals surface area contributed by atoms with Crippen molar-refractivity contribution in [2.24, 2.45) is 5.41 Å². The van der Waals surface area contributed by atoms with Crippen LogP contribution in [0.1, 0.15) is 43.5 Å². The lowest BCUT2D eigenvalue weighted by Gasteiger charge is -2.46. The highest BCUT2D eigenvalue weighted by atomic mass is 16.5. The van der Waals surface area contributed by atoms with E-state index in [1.165, 1.54) is 14.1 Å². The Bertz CT molecular complexity index is 1200. The first-order valence-electron chi connectivity index (χ1n) is 12.9. The van der Waals surface area contributed by atoms with Gasteiger partial charge in [-0.2, -0.15) is 0 Å². The van der Waals surface area contributed by atoms with E-state index in [2.05, 4.69) is 11.8 Å². The van der Waals surface area contributed by atoms with Crippen LogP contribution in [0.25, 0.3) is 0 Å². The molecule has 2 aromatic rings. The molecule has 0 bridgehead atoms. The van der Waals surface area contributed by atoms with Crippen molar-refractivity contribution in [3.63, 3.8) is 0 Å². The quantitative estimate of drug-likeness (QED) is 0.488. The van der Waals surface area contributed by atoms with Crippen LogP contribution in [-0.4, -0.2) is 80.1 Å². The fourth-order valence-electron chi connectivity index (χ4n) is 5.54. The second-order valence-electron chi connectivity index (χ2n) is 10.4. The minimum atomic E-state index is -1.46. The summed E-state index contributed by atoms with van der Waals surface area (Å²) in [4.78, 5) is 44.5. The smallest absolute Gasteiger partial charge is 0.332 e. The zero-order valence-corrected chi connectivity index (χ0v) is 23.2. The van der Waals surface area contributed by atoms with Gasteiger partial charge in [-0.3, -0.25) is 24.3 Å². The molecule has 1 fully saturated rings. The Labute approximate surface area is 224 Å². The maximum absolute atomic E-state index is 13.8. The number of amides is 4. The van der Waals surface area contributed by atoms with E-state index >= 15 is 0 Å². The van der Waals surface area contributed by atoms with Gasteiger partial charge in [0.25, 0.3) is 0 Å². The lowest BCUT2D eigenvalue weighted by Crippen LogP contribution is -2.67. The van der Waals surface area contributed by atoms with Crippen LogP contribution in [0.4, 0.5) is 4.79 Å². The number of barbiturate groups is 1. The normalized spacial score (nSPS) is 19.6. The molecule has 0 radical (unpaired) electrons. The molecule has 1 saturated heterocycles. The molecular formula is C29H37N3O6. The SMILES string of the molecule is COc1cc2c(cc1OC)[C@@H](C)N(CC1(Cc3ccc(OC(C)C)cc3)C(=O)N(C)C(=O)N(C)C1=O)CC2. The second kappa shape index (κ2) is 10.6. The van der Waals surface area contributed by atoms with E-state index < -0.39 is 23.3 Å². The third-order valence-electron chi connectivity index (χ3n) is 7.59. The van der Waals surface area contributed by atoms with Gasteiger partial charge in [-0.15, -0.1) is 0 Å². The first kappa shape index (κ1) is 27.4. The molecule has 9 heteroatoms. The Morgan fingerprint density at radius 1 is 0.947 bits per heavy atom. The van der Waals surface area contributed by atoms with Crippen molar-refractivity contribution in [2.75, 3.05) is 41.4 Å². The largest absolute Gasteiger partial charge is 0.493 e. The standard InChI is InChI=1S/C29H37N3O6/c1-18(2)38-22-10-8-20(9-11-22)16-29(26(33)30(4)28(35)31(5)27(29)34)17-32-13-12-21-14-24(36-6)25(37-7)15-23(21)19(32)3/h8-11,14-15,18-19H,12-13,16-17H2,1-7H3/t19-/m1/s1. The van der Waals surface area contributed by atoms with Crippen molar-refractivity contribution >= 4 is 17.8 Å². The third kappa shape index (κ3) is 4.82. The summed E-state index contributed by atoms with van der Waals surface area (Å²) in [5.74, 6) is 1.05. The molecule has 0 unspecified atom stereocenters. The van der Waals surface area contributed by atoms with Gasteiger partial charge in [0.15, 0.2) is 11.5 Å². The molecule has 4 amide bonds. The Morgan fingerprint density at radius 2 is 1.53 bits per heavy atom. The number of methoxy groups -OCH3 is 2. The maximum atomic E-state index is 13.8. The summed E-state index contributed by atoms with van der Waals surface area (Å²) >= 11 is 0. The maximum Gasteiger partial charge on any atom is 0.332 e. The summed E-state index contributed by atoms with van der Waals surface area (Å²) in [5.41, 5.74) is 1.57. The van der Waals surface area contributed by atoms with Crippen LogP contribution in [0.15, 0.2) is 36.4 Å². The van der Waals surface area contributed by atoms with Gasteiger partial charge in [0, 0.05) is 33.2 Å². The number of benzene rings is 2. The fourth-order valence-corrected chi connectivity index (χ4v) is 5.54. The fraction of sp³-hybridized carbons (Fsp3) is 0.483. The topological polar surface area (TPSA) is 88.6 Å². The molecule has 4 rings (SSSR count). The number of carbonyl (C=O) groups is 3. The van der Waals surface area contributed by atoms with Crippen molar-refractivity contribution in [3.05, 3.63) is 53.1 Å². The molecule has 204 valence electrons. The van der Waals surface area contributed by atoms with Crippen LogP contribution >= 0.6 is 0 Å². The molecule has 1 atom stereocenters. The molecule has 2 aliphatic rings. The van der Waals surface area contributed by atoms with E-state index in [0.717, 1.165) is 32.9 Å². The Kier molecular flexibility index (Phi) is 7.69. The molecule has 2 heterocycles. The van der Waals surface area contributed by atoms with E-state index in [9.17, 15) is 14.4 Å². The van der Waals surface area contributed by atoms with Crippen LogP contribution < -0.4 is 14.2 Å². The van der Waals surface area contributed by atoms with Crippen molar-refractivity contribution in [1.82, 2.24) is 14.7 Å². The summed E-state index contributed by atoms with van der Waals surface area (Å²) in [6.45, 7) is 6.79. The van der Waals surface area contributed by atoms with Gasteiger partial charge >= 0.3 is 6.03 Å². The molecule has 38 heavy (non-hydrogen) atoms. The monoisotopic (exact) mass is 523 g/mol. The Balaban J connectivity index is 1.71. The first-order valence-corrected chi connectivity index (χ1v) is 12.9. The molecule has 0 aromatic heterocycles. The molecule has 0 saturated carbocycles. The van der Waals surface area contributed by atoms with Gasteiger partial charge in [-0.05, 0) is 74.6 Å². The van der Waals surface area contributed by atoms with Gasteiger partial charge in [0.2, 0.25) is 11.8 Å². The number of urea groups is 1. The number of nitrogens with zero attached hydrogens (tertiary/aromatic N) is 3. The van der Waals surface area contributed by atoms with Crippen molar-refractivity contribution < 1.29 is 28.6 Å². The minimum absolute atomic E-state index is 0.0315. The number of rotatable bonds is 8. The van der Waals surface area contributed by atoms with Crippen LogP contribution in [0.3, 0.4) is 0 Å². The second-order valence-corrected chi connectivity index (χ2v) is 10.4. The van der Waals surface area contributed by atoms with E-state index in [1.54, 1.807) is 14.2 Å². The Hall–Kier alpha value is -3.59. The van der Waals surface area contributed by atoms with Gasteiger partial charge in [-0.25, -0.2) is 4.79 Å². The summed E-state index contributed by atoms with van der Waals surface area (Å²) in [6.07, 6.45) is 0.921. The summed E-state index contributed by atoms with van der Waals surface area (Å²) in [6, 6.07) is 10.7.